The minimum absolute atomic E-state index is 0. The first kappa shape index (κ1) is 20.6. The Morgan fingerprint density at radius 2 is 2.12 bits per heavy atom. The molecule has 0 aliphatic heterocycles. The number of aliphatic imine (C=N–C) groups is 1. The molecule has 0 saturated heterocycles. The molecule has 1 saturated carbocycles. The van der Waals surface area contributed by atoms with Crippen LogP contribution in [0, 0.1) is 12.8 Å². The second-order valence-corrected chi connectivity index (χ2v) is 6.55. The number of aryl methyl sites for hydroxylation is 1. The van der Waals surface area contributed by atoms with Crippen molar-refractivity contribution in [3.63, 3.8) is 0 Å². The van der Waals surface area contributed by atoms with Crippen LogP contribution in [0.25, 0.3) is 0 Å². The van der Waals surface area contributed by atoms with Gasteiger partial charge in [-0.05, 0) is 49.4 Å². The number of benzene rings is 1. The normalized spacial score (nSPS) is 13.8. The van der Waals surface area contributed by atoms with Crippen molar-refractivity contribution in [1.82, 2.24) is 10.6 Å². The van der Waals surface area contributed by atoms with Crippen LogP contribution in [-0.2, 0) is 13.0 Å². The van der Waals surface area contributed by atoms with E-state index in [9.17, 15) is 0 Å². The maximum Gasteiger partial charge on any atom is 0.191 e. The van der Waals surface area contributed by atoms with E-state index >= 15 is 0 Å². The quantitative estimate of drug-likeness (QED) is 0.350. The maximum atomic E-state index is 6.03. The molecule has 1 aromatic heterocycles. The number of nitrogens with one attached hydrogen (secondary N) is 2. The Morgan fingerprint density at radius 1 is 1.27 bits per heavy atom. The van der Waals surface area contributed by atoms with Gasteiger partial charge in [-0.15, -0.1) is 24.0 Å². The summed E-state index contributed by atoms with van der Waals surface area (Å²) < 4.78 is 11.4. The maximum absolute atomic E-state index is 6.03. The summed E-state index contributed by atoms with van der Waals surface area (Å²) in [6, 6.07) is 10.2. The topological polar surface area (TPSA) is 58.8 Å². The number of nitrogens with zero attached hydrogens (tertiary/aromatic N) is 1. The molecular formula is C20H28IN3O2. The lowest BCUT2D eigenvalue weighted by molar-refractivity contribution is 0.296. The molecule has 1 aliphatic rings. The van der Waals surface area contributed by atoms with Crippen LogP contribution in [0.2, 0.25) is 0 Å². The van der Waals surface area contributed by atoms with Crippen LogP contribution in [0.4, 0.5) is 0 Å². The molecule has 0 radical (unpaired) electrons. The third-order valence-corrected chi connectivity index (χ3v) is 4.31. The smallest absolute Gasteiger partial charge is 0.191 e. The van der Waals surface area contributed by atoms with E-state index in [2.05, 4.69) is 40.7 Å². The molecule has 1 aliphatic carbocycles. The van der Waals surface area contributed by atoms with Crippen molar-refractivity contribution < 1.29 is 9.15 Å². The number of halogens is 1. The van der Waals surface area contributed by atoms with Gasteiger partial charge in [-0.2, -0.15) is 0 Å². The van der Waals surface area contributed by atoms with E-state index in [4.69, 9.17) is 9.15 Å². The molecule has 3 rings (SSSR count). The number of rotatable bonds is 8. The molecule has 0 bridgehead atoms. The van der Waals surface area contributed by atoms with Gasteiger partial charge in [0.25, 0.3) is 0 Å². The Balaban J connectivity index is 0.00000243. The molecule has 0 unspecified atom stereocenters. The van der Waals surface area contributed by atoms with Crippen LogP contribution in [-0.4, -0.2) is 26.2 Å². The van der Waals surface area contributed by atoms with Crippen molar-refractivity contribution >= 4 is 29.9 Å². The summed E-state index contributed by atoms with van der Waals surface area (Å²) in [7, 11) is 1.78. The van der Waals surface area contributed by atoms with Crippen LogP contribution < -0.4 is 15.4 Å². The molecule has 0 atom stereocenters. The Morgan fingerprint density at radius 3 is 2.81 bits per heavy atom. The molecule has 5 nitrogen and oxygen atoms in total. The van der Waals surface area contributed by atoms with Gasteiger partial charge in [0.1, 0.15) is 11.5 Å². The lowest BCUT2D eigenvalue weighted by atomic mass is 10.1. The number of hydrogen-bond acceptors (Lipinski definition) is 3. The minimum atomic E-state index is 0. The van der Waals surface area contributed by atoms with Crippen LogP contribution in [0.3, 0.4) is 0 Å². The fraction of sp³-hybridized carbons (Fsp3) is 0.450. The average molecular weight is 469 g/mol. The minimum Gasteiger partial charge on any atom is -0.493 e. The fourth-order valence-corrected chi connectivity index (χ4v) is 2.59. The lowest BCUT2D eigenvalue weighted by Gasteiger charge is -2.15. The third kappa shape index (κ3) is 6.55. The first-order valence-electron chi connectivity index (χ1n) is 8.94. The molecule has 1 heterocycles. The van der Waals surface area contributed by atoms with E-state index in [1.54, 1.807) is 13.3 Å². The highest BCUT2D eigenvalue weighted by atomic mass is 127. The molecule has 2 N–H and O–H groups in total. The van der Waals surface area contributed by atoms with Gasteiger partial charge in [0.05, 0.1) is 12.9 Å². The summed E-state index contributed by atoms with van der Waals surface area (Å²) in [4.78, 5) is 4.28. The summed E-state index contributed by atoms with van der Waals surface area (Å²) in [6.07, 6.45) is 5.12. The highest BCUT2D eigenvalue weighted by Crippen LogP contribution is 2.30. The summed E-state index contributed by atoms with van der Waals surface area (Å²) in [5, 5.41) is 6.66. The van der Waals surface area contributed by atoms with Crippen LogP contribution in [0.1, 0.15) is 29.7 Å². The standard InChI is InChI=1S/C20H27N3O2.HI/c1-15-5-8-17(19(12-15)25-14-16-6-7-16)13-23-20(21-2)22-10-9-18-4-3-11-24-18;/h3-5,8,11-12,16H,6-7,9-10,13-14H2,1-2H3,(H2,21,22,23);1H. The van der Waals surface area contributed by atoms with Crippen LogP contribution in [0.15, 0.2) is 46.0 Å². The van der Waals surface area contributed by atoms with Crippen molar-refractivity contribution in [2.24, 2.45) is 10.9 Å². The highest BCUT2D eigenvalue weighted by molar-refractivity contribution is 14.0. The Kier molecular flexibility index (Phi) is 8.28. The second-order valence-electron chi connectivity index (χ2n) is 6.55. The van der Waals surface area contributed by atoms with E-state index in [0.29, 0.717) is 6.54 Å². The van der Waals surface area contributed by atoms with Gasteiger partial charge in [-0.3, -0.25) is 4.99 Å². The lowest BCUT2D eigenvalue weighted by Crippen LogP contribution is -2.37. The molecule has 6 heteroatoms. The van der Waals surface area contributed by atoms with Gasteiger partial charge in [-0.1, -0.05) is 12.1 Å². The molecule has 1 fully saturated rings. The number of guanidine groups is 1. The number of ether oxygens (including phenoxy) is 1. The number of furan rings is 1. The SMILES string of the molecule is CN=C(NCCc1ccco1)NCc1ccc(C)cc1OCC1CC1.I. The van der Waals surface area contributed by atoms with Gasteiger partial charge in [-0.25, -0.2) is 0 Å². The van der Waals surface area contributed by atoms with Gasteiger partial charge >= 0.3 is 0 Å². The third-order valence-electron chi connectivity index (χ3n) is 4.31. The zero-order valence-corrected chi connectivity index (χ0v) is 17.8. The molecule has 1 aromatic carbocycles. The van der Waals surface area contributed by atoms with E-state index < -0.39 is 0 Å². The van der Waals surface area contributed by atoms with Gasteiger partial charge in [0.15, 0.2) is 5.96 Å². The molecular weight excluding hydrogens is 441 g/mol. The summed E-state index contributed by atoms with van der Waals surface area (Å²) in [6.45, 7) is 4.37. The predicted octanol–water partition coefficient (Wildman–Crippen LogP) is 3.90. The first-order valence-corrected chi connectivity index (χ1v) is 8.94. The van der Waals surface area contributed by atoms with E-state index in [1.807, 2.05) is 12.1 Å². The van der Waals surface area contributed by atoms with Crippen molar-refractivity contribution in [2.75, 3.05) is 20.2 Å². The summed E-state index contributed by atoms with van der Waals surface area (Å²) in [5.74, 6) is 3.47. The van der Waals surface area contributed by atoms with Gasteiger partial charge in [0.2, 0.25) is 0 Å². The molecule has 0 spiro atoms. The zero-order chi connectivity index (χ0) is 17.5. The fourth-order valence-electron chi connectivity index (χ4n) is 2.59. The number of hydrogen-bond donors (Lipinski definition) is 2. The Labute approximate surface area is 172 Å². The van der Waals surface area contributed by atoms with Gasteiger partial charge < -0.3 is 19.8 Å². The summed E-state index contributed by atoms with van der Waals surface area (Å²) >= 11 is 0. The van der Waals surface area contributed by atoms with E-state index in [1.165, 1.54) is 18.4 Å². The van der Waals surface area contributed by atoms with E-state index in [-0.39, 0.29) is 24.0 Å². The molecule has 142 valence electrons. The van der Waals surface area contributed by atoms with Crippen molar-refractivity contribution in [3.05, 3.63) is 53.5 Å². The molecule has 0 amide bonds. The largest absolute Gasteiger partial charge is 0.493 e. The monoisotopic (exact) mass is 469 g/mol. The molecule has 2 aromatic rings. The van der Waals surface area contributed by atoms with Crippen molar-refractivity contribution in [2.45, 2.75) is 32.7 Å². The summed E-state index contributed by atoms with van der Waals surface area (Å²) in [5.41, 5.74) is 2.37. The van der Waals surface area contributed by atoms with Crippen LogP contribution in [0.5, 0.6) is 5.75 Å². The Hall–Kier alpha value is -1.70. The zero-order valence-electron chi connectivity index (χ0n) is 15.5. The molecule has 26 heavy (non-hydrogen) atoms. The van der Waals surface area contributed by atoms with E-state index in [0.717, 1.165) is 48.5 Å². The van der Waals surface area contributed by atoms with Gasteiger partial charge in [0, 0.05) is 32.1 Å². The van der Waals surface area contributed by atoms with Crippen molar-refractivity contribution in [1.29, 1.82) is 0 Å². The Bertz CT molecular complexity index is 697. The second kappa shape index (κ2) is 10.4. The average Bonchev–Trinajstić information content (AvgIpc) is 3.31. The van der Waals surface area contributed by atoms with Crippen LogP contribution >= 0.6 is 24.0 Å². The highest BCUT2D eigenvalue weighted by Gasteiger charge is 2.22. The first-order chi connectivity index (χ1) is 12.2. The van der Waals surface area contributed by atoms with Crippen molar-refractivity contribution in [3.8, 4) is 5.75 Å². The predicted molar refractivity (Wildman–Crippen MR) is 115 cm³/mol.